The first kappa shape index (κ1) is 13.3. The van der Waals surface area contributed by atoms with Gasteiger partial charge in [-0.25, -0.2) is 4.39 Å². The summed E-state index contributed by atoms with van der Waals surface area (Å²) in [6, 6.07) is 4.56. The van der Waals surface area contributed by atoms with Crippen LogP contribution in [0.5, 0.6) is 0 Å². The first-order chi connectivity index (χ1) is 10.4. The SMILES string of the molecule is CN1CC(=O)N2CCc3c([nH]c4ccc(F)cc34)[C@@]2(C)C1=O. The van der Waals surface area contributed by atoms with Gasteiger partial charge in [0.1, 0.15) is 5.82 Å². The van der Waals surface area contributed by atoms with Crippen LogP contribution in [0.4, 0.5) is 4.39 Å². The highest BCUT2D eigenvalue weighted by molar-refractivity contribution is 6.00. The molecular weight excluding hydrogens is 285 g/mol. The fourth-order valence-electron chi connectivity index (χ4n) is 3.81. The lowest BCUT2D eigenvalue weighted by atomic mass is 9.83. The molecular formula is C16H16FN3O2. The number of rotatable bonds is 0. The van der Waals surface area contributed by atoms with E-state index in [9.17, 15) is 14.0 Å². The third kappa shape index (κ3) is 1.47. The maximum atomic E-state index is 13.6. The predicted octanol–water partition coefficient (Wildman–Crippen LogP) is 1.38. The number of nitrogens with zero attached hydrogens (tertiary/aromatic N) is 2. The van der Waals surface area contributed by atoms with Crippen LogP contribution in [0.25, 0.3) is 10.9 Å². The van der Waals surface area contributed by atoms with Crippen LogP contribution in [0, 0.1) is 5.82 Å². The third-order valence-electron chi connectivity index (χ3n) is 4.92. The number of hydrogen-bond donors (Lipinski definition) is 1. The van der Waals surface area contributed by atoms with Crippen molar-refractivity contribution in [3.8, 4) is 0 Å². The number of likely N-dealkylation sites (N-methyl/N-ethyl adjacent to an activating group) is 1. The summed E-state index contributed by atoms with van der Waals surface area (Å²) in [6.07, 6.45) is 0.622. The molecule has 0 unspecified atom stereocenters. The first-order valence-electron chi connectivity index (χ1n) is 7.29. The molecule has 1 fully saturated rings. The van der Waals surface area contributed by atoms with Gasteiger partial charge in [0.05, 0.1) is 12.2 Å². The number of benzene rings is 1. The molecule has 2 aromatic rings. The minimum atomic E-state index is -1.03. The summed E-state index contributed by atoms with van der Waals surface area (Å²) in [5.74, 6) is -0.467. The van der Waals surface area contributed by atoms with Crippen molar-refractivity contribution in [2.45, 2.75) is 18.9 Å². The second-order valence-corrected chi connectivity index (χ2v) is 6.20. The first-order valence-corrected chi connectivity index (χ1v) is 7.29. The highest BCUT2D eigenvalue weighted by atomic mass is 19.1. The van der Waals surface area contributed by atoms with Crippen LogP contribution in [0.1, 0.15) is 18.2 Å². The van der Waals surface area contributed by atoms with Crippen LogP contribution in [-0.2, 0) is 21.5 Å². The quantitative estimate of drug-likeness (QED) is 0.799. The van der Waals surface area contributed by atoms with Gasteiger partial charge >= 0.3 is 0 Å². The zero-order chi connectivity index (χ0) is 15.6. The summed E-state index contributed by atoms with van der Waals surface area (Å²) < 4.78 is 13.6. The summed E-state index contributed by atoms with van der Waals surface area (Å²) in [6.45, 7) is 2.36. The van der Waals surface area contributed by atoms with Gasteiger partial charge in [-0.15, -0.1) is 0 Å². The lowest BCUT2D eigenvalue weighted by molar-refractivity contribution is -0.164. The molecule has 114 valence electrons. The Kier molecular flexibility index (Phi) is 2.47. The van der Waals surface area contributed by atoms with Crippen molar-refractivity contribution in [2.75, 3.05) is 20.1 Å². The molecule has 4 rings (SSSR count). The van der Waals surface area contributed by atoms with Crippen LogP contribution in [0.3, 0.4) is 0 Å². The Bertz CT molecular complexity index is 828. The molecule has 0 radical (unpaired) electrons. The summed E-state index contributed by atoms with van der Waals surface area (Å²) in [5, 5.41) is 0.796. The second kappa shape index (κ2) is 4.09. The zero-order valence-corrected chi connectivity index (χ0v) is 12.4. The van der Waals surface area contributed by atoms with Crippen molar-refractivity contribution in [3.63, 3.8) is 0 Å². The number of amides is 2. The minimum Gasteiger partial charge on any atom is -0.356 e. The number of nitrogens with one attached hydrogen (secondary N) is 1. The largest absolute Gasteiger partial charge is 0.356 e. The topological polar surface area (TPSA) is 56.4 Å². The Labute approximate surface area is 126 Å². The van der Waals surface area contributed by atoms with E-state index in [1.54, 1.807) is 24.9 Å². The van der Waals surface area contributed by atoms with Gasteiger partial charge in [-0.1, -0.05) is 0 Å². The Hall–Kier alpha value is -2.37. The molecule has 5 nitrogen and oxygen atoms in total. The van der Waals surface area contributed by atoms with E-state index >= 15 is 0 Å². The van der Waals surface area contributed by atoms with Crippen LogP contribution < -0.4 is 0 Å². The monoisotopic (exact) mass is 301 g/mol. The number of H-pyrrole nitrogens is 1. The second-order valence-electron chi connectivity index (χ2n) is 6.20. The lowest BCUT2D eigenvalue weighted by Crippen LogP contribution is -2.66. The smallest absolute Gasteiger partial charge is 0.254 e. The maximum Gasteiger partial charge on any atom is 0.254 e. The van der Waals surface area contributed by atoms with E-state index < -0.39 is 5.54 Å². The fourth-order valence-corrected chi connectivity index (χ4v) is 3.81. The van der Waals surface area contributed by atoms with Gasteiger partial charge in [0.15, 0.2) is 5.54 Å². The highest BCUT2D eigenvalue weighted by Crippen LogP contribution is 2.41. The molecule has 2 aliphatic rings. The minimum absolute atomic E-state index is 0.0555. The van der Waals surface area contributed by atoms with E-state index in [0.29, 0.717) is 18.7 Å². The van der Waals surface area contributed by atoms with E-state index in [1.807, 2.05) is 0 Å². The van der Waals surface area contributed by atoms with Gasteiger partial charge in [0.2, 0.25) is 5.91 Å². The Morgan fingerprint density at radius 2 is 2.09 bits per heavy atom. The van der Waals surface area contributed by atoms with Crippen molar-refractivity contribution in [3.05, 3.63) is 35.3 Å². The molecule has 0 spiro atoms. The standard InChI is InChI=1S/C16H16FN3O2/c1-16-14-10(11-7-9(17)3-4-12(11)18-14)5-6-20(16)13(21)8-19(2)15(16)22/h3-4,7,18H,5-6,8H2,1-2H3/t16-/m0/s1. The molecule has 1 aromatic carbocycles. The Balaban J connectivity index is 2.00. The molecule has 1 aromatic heterocycles. The van der Waals surface area contributed by atoms with E-state index in [4.69, 9.17) is 0 Å². The van der Waals surface area contributed by atoms with E-state index in [0.717, 1.165) is 16.5 Å². The number of fused-ring (bicyclic) bond motifs is 5. The number of carbonyl (C=O) groups is 2. The predicted molar refractivity (Wildman–Crippen MR) is 78.7 cm³/mol. The molecule has 1 N–H and O–H groups in total. The van der Waals surface area contributed by atoms with Crippen LogP contribution >= 0.6 is 0 Å². The summed E-state index contributed by atoms with van der Waals surface area (Å²) >= 11 is 0. The summed E-state index contributed by atoms with van der Waals surface area (Å²) in [4.78, 5) is 31.4. The van der Waals surface area contributed by atoms with Crippen molar-refractivity contribution >= 4 is 22.7 Å². The lowest BCUT2D eigenvalue weighted by Gasteiger charge is -2.48. The average molecular weight is 301 g/mol. The third-order valence-corrected chi connectivity index (χ3v) is 4.92. The summed E-state index contributed by atoms with van der Waals surface area (Å²) in [7, 11) is 1.64. The van der Waals surface area contributed by atoms with E-state index in [1.165, 1.54) is 17.0 Å². The molecule has 1 atom stereocenters. The molecule has 0 saturated carbocycles. The Morgan fingerprint density at radius 3 is 2.86 bits per heavy atom. The maximum absolute atomic E-state index is 13.6. The van der Waals surface area contributed by atoms with Gasteiger partial charge in [-0.2, -0.15) is 0 Å². The number of carbonyl (C=O) groups excluding carboxylic acids is 2. The molecule has 0 bridgehead atoms. The van der Waals surface area contributed by atoms with Crippen molar-refractivity contribution in [2.24, 2.45) is 0 Å². The van der Waals surface area contributed by atoms with Crippen molar-refractivity contribution in [1.29, 1.82) is 0 Å². The van der Waals surface area contributed by atoms with E-state index in [2.05, 4.69) is 4.98 Å². The zero-order valence-electron chi connectivity index (χ0n) is 12.4. The number of halogens is 1. The Morgan fingerprint density at radius 1 is 1.32 bits per heavy atom. The molecule has 1 saturated heterocycles. The molecule has 2 amide bonds. The van der Waals surface area contributed by atoms with Gasteiger partial charge in [0.25, 0.3) is 5.91 Å². The van der Waals surface area contributed by atoms with Crippen LogP contribution in [0.2, 0.25) is 0 Å². The fraction of sp³-hybridized carbons (Fsp3) is 0.375. The molecule has 2 aliphatic heterocycles. The van der Waals surface area contributed by atoms with Crippen LogP contribution in [-0.4, -0.2) is 46.7 Å². The van der Waals surface area contributed by atoms with Gasteiger partial charge < -0.3 is 14.8 Å². The van der Waals surface area contributed by atoms with Crippen molar-refractivity contribution < 1.29 is 14.0 Å². The highest BCUT2D eigenvalue weighted by Gasteiger charge is 2.53. The number of aromatic nitrogens is 1. The molecule has 3 heterocycles. The summed E-state index contributed by atoms with van der Waals surface area (Å²) in [5.41, 5.74) is 1.41. The van der Waals surface area contributed by atoms with Gasteiger partial charge in [0, 0.05) is 24.5 Å². The van der Waals surface area contributed by atoms with Crippen molar-refractivity contribution in [1.82, 2.24) is 14.8 Å². The van der Waals surface area contributed by atoms with Crippen LogP contribution in [0.15, 0.2) is 18.2 Å². The number of aromatic amines is 1. The van der Waals surface area contributed by atoms with Gasteiger partial charge in [-0.3, -0.25) is 9.59 Å². The number of hydrogen-bond acceptors (Lipinski definition) is 2. The molecule has 6 heteroatoms. The molecule has 0 aliphatic carbocycles. The van der Waals surface area contributed by atoms with E-state index in [-0.39, 0.29) is 24.2 Å². The normalized spacial score (nSPS) is 24.7. The average Bonchev–Trinajstić information content (AvgIpc) is 2.84. The number of piperazine rings is 1. The molecule has 22 heavy (non-hydrogen) atoms. The van der Waals surface area contributed by atoms with Gasteiger partial charge in [-0.05, 0) is 37.1 Å².